The second kappa shape index (κ2) is 14.4. The Morgan fingerprint density at radius 1 is 0.979 bits per heavy atom. The Labute approximate surface area is 286 Å². The Morgan fingerprint density at radius 2 is 1.71 bits per heavy atom. The Bertz CT molecular complexity index is 1760. The first-order valence-corrected chi connectivity index (χ1v) is 17.3. The van der Waals surface area contributed by atoms with Gasteiger partial charge in [0.15, 0.2) is 0 Å². The number of hydrogen-bond donors (Lipinski definition) is 2. The zero-order valence-corrected chi connectivity index (χ0v) is 29.0. The van der Waals surface area contributed by atoms with Crippen LogP contribution in [0.1, 0.15) is 66.7 Å². The van der Waals surface area contributed by atoms with E-state index in [1.54, 1.807) is 37.9 Å². The van der Waals surface area contributed by atoms with E-state index in [9.17, 15) is 14.4 Å². The number of imide groups is 1. The van der Waals surface area contributed by atoms with Crippen LogP contribution in [0.3, 0.4) is 0 Å². The van der Waals surface area contributed by atoms with Crippen molar-refractivity contribution in [3.63, 3.8) is 0 Å². The fraction of sp³-hybridized carbons (Fsp3) is 0.486. The summed E-state index contributed by atoms with van der Waals surface area (Å²) in [5.74, 6) is 0.0864. The summed E-state index contributed by atoms with van der Waals surface area (Å²) in [5.41, 5.74) is 5.47. The smallest absolute Gasteiger partial charge is 0.253 e. The van der Waals surface area contributed by atoms with Crippen molar-refractivity contribution in [2.45, 2.75) is 76.9 Å². The molecule has 2 aromatic carbocycles. The highest BCUT2D eigenvalue weighted by atomic mass is 35.5. The number of carbonyl (C=O) groups excluding carboxylic acids is 2. The molecule has 1 unspecified atom stereocenters. The maximum Gasteiger partial charge on any atom is 0.253 e. The number of methoxy groups -OCH3 is 1. The summed E-state index contributed by atoms with van der Waals surface area (Å²) in [7, 11) is 3.30. The molecule has 3 aliphatic rings. The van der Waals surface area contributed by atoms with Crippen LogP contribution in [0.5, 0.6) is 5.75 Å². The number of nitrogens with zero attached hydrogens (tertiary/aromatic N) is 3. The molecule has 2 amide bonds. The summed E-state index contributed by atoms with van der Waals surface area (Å²) in [4.78, 5) is 40.9. The quantitative estimate of drug-likeness (QED) is 0.303. The van der Waals surface area contributed by atoms with Crippen molar-refractivity contribution >= 4 is 29.1 Å². The standard InChI is InChI=1S/C37H45ClFN5O4/c1-22-23(2)37(47)42(3)20-29(22)25-17-32(39)30(34(18-25)48-4)21-43-13-11-27(12-14-43)44-15-9-24(10-16-44)28-6-5-26(19-31(28)38)40-33-7-8-35(45)41-36(33)46/h5-6,17-20,24,27,33,40H,7-16,21H2,1-4H3,(H,41,45,46). The molecule has 1 aromatic heterocycles. The number of amides is 2. The third kappa shape index (κ3) is 7.16. The minimum absolute atomic E-state index is 0.0506. The first kappa shape index (κ1) is 34.1. The highest BCUT2D eigenvalue weighted by Crippen LogP contribution is 2.37. The molecule has 256 valence electrons. The van der Waals surface area contributed by atoms with Crippen molar-refractivity contribution in [1.82, 2.24) is 19.7 Å². The molecular weight excluding hydrogens is 633 g/mol. The third-order valence-electron chi connectivity index (χ3n) is 10.6. The first-order valence-electron chi connectivity index (χ1n) is 16.9. The van der Waals surface area contributed by atoms with Gasteiger partial charge in [-0.1, -0.05) is 17.7 Å². The summed E-state index contributed by atoms with van der Waals surface area (Å²) in [6.45, 7) is 7.99. The number of hydrogen-bond acceptors (Lipinski definition) is 7. The van der Waals surface area contributed by atoms with Gasteiger partial charge >= 0.3 is 0 Å². The SMILES string of the molecule is COc1cc(-c2cn(C)c(=O)c(C)c2C)cc(F)c1CN1CCC(N2CCC(c3ccc(NC4CCC(=O)NC4=O)cc3Cl)CC2)CC1. The molecule has 0 radical (unpaired) electrons. The van der Waals surface area contributed by atoms with Gasteiger partial charge in [-0.15, -0.1) is 0 Å². The number of rotatable bonds is 8. The number of anilines is 1. The van der Waals surface area contributed by atoms with Crippen molar-refractivity contribution < 1.29 is 18.7 Å². The highest BCUT2D eigenvalue weighted by Gasteiger charge is 2.31. The lowest BCUT2D eigenvalue weighted by molar-refractivity contribution is -0.133. The topological polar surface area (TPSA) is 95.9 Å². The lowest BCUT2D eigenvalue weighted by Gasteiger charge is -2.42. The summed E-state index contributed by atoms with van der Waals surface area (Å²) in [5, 5.41) is 6.30. The summed E-state index contributed by atoms with van der Waals surface area (Å²) < 4.78 is 22.9. The number of carbonyl (C=O) groups is 2. The molecule has 3 fully saturated rings. The molecule has 3 aromatic rings. The van der Waals surface area contributed by atoms with Gasteiger partial charge in [-0.3, -0.25) is 24.6 Å². The van der Waals surface area contributed by atoms with E-state index < -0.39 is 6.04 Å². The molecular formula is C37H45ClFN5O4. The summed E-state index contributed by atoms with van der Waals surface area (Å²) >= 11 is 6.74. The Morgan fingerprint density at radius 3 is 2.38 bits per heavy atom. The maximum atomic E-state index is 15.7. The molecule has 11 heteroatoms. The van der Waals surface area contributed by atoms with Gasteiger partial charge in [0.2, 0.25) is 11.8 Å². The summed E-state index contributed by atoms with van der Waals surface area (Å²) in [6, 6.07) is 9.45. The minimum atomic E-state index is -0.437. The van der Waals surface area contributed by atoms with Crippen molar-refractivity contribution in [2.24, 2.45) is 7.05 Å². The van der Waals surface area contributed by atoms with Crippen molar-refractivity contribution in [3.05, 3.63) is 80.0 Å². The van der Waals surface area contributed by atoms with Crippen LogP contribution in [0.15, 0.2) is 41.3 Å². The Hall–Kier alpha value is -3.73. The number of pyridine rings is 1. The number of aromatic nitrogens is 1. The van der Waals surface area contributed by atoms with E-state index in [0.29, 0.717) is 58.8 Å². The molecule has 0 spiro atoms. The van der Waals surface area contributed by atoms with E-state index in [0.717, 1.165) is 74.2 Å². The van der Waals surface area contributed by atoms with E-state index in [2.05, 4.69) is 26.5 Å². The molecule has 2 N–H and O–H groups in total. The molecule has 3 saturated heterocycles. The number of halogens is 2. The normalized spacial score (nSPS) is 20.2. The second-order valence-electron chi connectivity index (χ2n) is 13.5. The Balaban J connectivity index is 1.02. The van der Waals surface area contributed by atoms with Gasteiger partial charge in [-0.2, -0.15) is 0 Å². The zero-order valence-electron chi connectivity index (χ0n) is 28.2. The molecule has 0 saturated carbocycles. The first-order chi connectivity index (χ1) is 23.0. The Kier molecular flexibility index (Phi) is 10.2. The molecule has 9 nitrogen and oxygen atoms in total. The van der Waals surface area contributed by atoms with E-state index in [4.69, 9.17) is 16.3 Å². The lowest BCUT2D eigenvalue weighted by Crippen LogP contribution is -2.47. The zero-order chi connectivity index (χ0) is 34.1. The largest absolute Gasteiger partial charge is 0.496 e. The number of piperidine rings is 3. The van der Waals surface area contributed by atoms with Crippen LogP contribution in [-0.4, -0.2) is 71.6 Å². The van der Waals surface area contributed by atoms with E-state index in [1.807, 2.05) is 25.1 Å². The van der Waals surface area contributed by atoms with Gasteiger partial charge in [-0.05, 0) is 119 Å². The molecule has 4 heterocycles. The van der Waals surface area contributed by atoms with Gasteiger partial charge in [0.1, 0.15) is 17.6 Å². The third-order valence-corrected chi connectivity index (χ3v) is 10.9. The van der Waals surface area contributed by atoms with Gasteiger partial charge < -0.3 is 19.5 Å². The van der Waals surface area contributed by atoms with Gasteiger partial charge in [-0.25, -0.2) is 4.39 Å². The predicted octanol–water partition coefficient (Wildman–Crippen LogP) is 5.53. The van der Waals surface area contributed by atoms with Crippen LogP contribution in [0, 0.1) is 19.7 Å². The number of nitrogens with one attached hydrogen (secondary N) is 2. The summed E-state index contributed by atoms with van der Waals surface area (Å²) in [6.07, 6.45) is 6.69. The molecule has 6 rings (SSSR count). The molecule has 1 atom stereocenters. The van der Waals surface area contributed by atoms with Crippen LogP contribution >= 0.6 is 11.6 Å². The van der Waals surface area contributed by atoms with Crippen molar-refractivity contribution in [2.75, 3.05) is 38.6 Å². The fourth-order valence-electron chi connectivity index (χ4n) is 7.59. The van der Waals surface area contributed by atoms with Crippen molar-refractivity contribution in [1.29, 1.82) is 0 Å². The van der Waals surface area contributed by atoms with Crippen LogP contribution in [0.4, 0.5) is 10.1 Å². The fourth-order valence-corrected chi connectivity index (χ4v) is 7.93. The minimum Gasteiger partial charge on any atom is -0.496 e. The van der Waals surface area contributed by atoms with Crippen LogP contribution in [-0.2, 0) is 23.2 Å². The van der Waals surface area contributed by atoms with E-state index >= 15 is 4.39 Å². The number of likely N-dealkylation sites (tertiary alicyclic amines) is 2. The van der Waals surface area contributed by atoms with Crippen LogP contribution < -0.4 is 20.9 Å². The van der Waals surface area contributed by atoms with E-state index in [-0.39, 0.29) is 23.2 Å². The lowest BCUT2D eigenvalue weighted by atomic mass is 9.87. The maximum absolute atomic E-state index is 15.7. The van der Waals surface area contributed by atoms with Crippen LogP contribution in [0.2, 0.25) is 5.02 Å². The van der Waals surface area contributed by atoms with Gasteiger partial charge in [0, 0.05) is 59.7 Å². The number of benzene rings is 2. The predicted molar refractivity (Wildman–Crippen MR) is 186 cm³/mol. The average Bonchev–Trinajstić information content (AvgIpc) is 3.08. The van der Waals surface area contributed by atoms with Gasteiger partial charge in [0.05, 0.1) is 7.11 Å². The average molecular weight is 678 g/mol. The molecule has 48 heavy (non-hydrogen) atoms. The second-order valence-corrected chi connectivity index (χ2v) is 14.0. The van der Waals surface area contributed by atoms with Gasteiger partial charge in [0.25, 0.3) is 5.56 Å². The molecule has 0 bridgehead atoms. The van der Waals surface area contributed by atoms with E-state index in [1.165, 1.54) is 0 Å². The van der Waals surface area contributed by atoms with Crippen molar-refractivity contribution in [3.8, 4) is 16.9 Å². The highest BCUT2D eigenvalue weighted by molar-refractivity contribution is 6.31. The molecule has 0 aliphatic carbocycles. The molecule has 3 aliphatic heterocycles. The number of ether oxygens (including phenoxy) is 1. The van der Waals surface area contributed by atoms with Crippen LogP contribution in [0.25, 0.3) is 11.1 Å². The number of aryl methyl sites for hydroxylation is 1. The monoisotopic (exact) mass is 677 g/mol.